The summed E-state index contributed by atoms with van der Waals surface area (Å²) < 4.78 is 18.8. The van der Waals surface area contributed by atoms with E-state index in [4.69, 9.17) is 4.74 Å². The second-order valence-corrected chi connectivity index (χ2v) is 5.20. The van der Waals surface area contributed by atoms with Crippen LogP contribution in [-0.2, 0) is 13.1 Å². The quantitative estimate of drug-likeness (QED) is 0.680. The van der Waals surface area contributed by atoms with Crippen molar-refractivity contribution in [3.8, 4) is 5.75 Å². The average Bonchev–Trinajstić information content (AvgIpc) is 2.57. The zero-order valence-corrected chi connectivity index (χ0v) is 13.7. The number of aliphatic imine (C=N–C) groups is 1. The van der Waals surface area contributed by atoms with Gasteiger partial charge in [0.15, 0.2) is 5.96 Å². The molecule has 0 aliphatic carbocycles. The molecule has 0 fully saturated rings. The number of hydrogen-bond donors (Lipinski definition) is 1. The summed E-state index contributed by atoms with van der Waals surface area (Å²) in [6, 6.07) is 14.6. The van der Waals surface area contributed by atoms with Crippen LogP contribution < -0.4 is 10.1 Å². The van der Waals surface area contributed by atoms with Crippen LogP contribution in [0.1, 0.15) is 11.1 Å². The van der Waals surface area contributed by atoms with Crippen LogP contribution >= 0.6 is 0 Å². The molecule has 0 aromatic heterocycles. The Morgan fingerprint density at radius 2 is 1.87 bits per heavy atom. The minimum Gasteiger partial charge on any atom is -0.497 e. The molecule has 0 saturated carbocycles. The highest BCUT2D eigenvalue weighted by atomic mass is 19.1. The third kappa shape index (κ3) is 4.71. The number of halogens is 1. The van der Waals surface area contributed by atoms with Gasteiger partial charge in [-0.25, -0.2) is 4.39 Å². The SMILES string of the molecule is CN=C(NCc1ccccc1F)N(C)Cc1ccc(OC)cc1. The number of methoxy groups -OCH3 is 1. The summed E-state index contributed by atoms with van der Waals surface area (Å²) >= 11 is 0. The lowest BCUT2D eigenvalue weighted by atomic mass is 10.2. The van der Waals surface area contributed by atoms with E-state index in [1.807, 2.05) is 42.3 Å². The first-order valence-corrected chi connectivity index (χ1v) is 7.42. The van der Waals surface area contributed by atoms with Crippen molar-refractivity contribution < 1.29 is 9.13 Å². The van der Waals surface area contributed by atoms with Crippen LogP contribution in [-0.4, -0.2) is 32.1 Å². The predicted octanol–water partition coefficient (Wildman–Crippen LogP) is 3.04. The van der Waals surface area contributed by atoms with E-state index in [2.05, 4.69) is 10.3 Å². The second-order valence-electron chi connectivity index (χ2n) is 5.20. The molecule has 5 heteroatoms. The van der Waals surface area contributed by atoms with Crippen LogP contribution in [0.5, 0.6) is 5.75 Å². The monoisotopic (exact) mass is 315 g/mol. The summed E-state index contributed by atoms with van der Waals surface area (Å²) in [6.45, 7) is 1.09. The highest BCUT2D eigenvalue weighted by Crippen LogP contribution is 2.12. The summed E-state index contributed by atoms with van der Waals surface area (Å²) in [5.74, 6) is 1.33. The van der Waals surface area contributed by atoms with Gasteiger partial charge in [-0.1, -0.05) is 30.3 Å². The maximum atomic E-state index is 13.7. The number of guanidine groups is 1. The van der Waals surface area contributed by atoms with Gasteiger partial charge in [0.2, 0.25) is 0 Å². The van der Waals surface area contributed by atoms with Crippen molar-refractivity contribution in [2.24, 2.45) is 4.99 Å². The van der Waals surface area contributed by atoms with Gasteiger partial charge in [-0.05, 0) is 23.8 Å². The summed E-state index contributed by atoms with van der Waals surface area (Å²) in [5, 5.41) is 3.18. The minimum atomic E-state index is -0.215. The fourth-order valence-electron chi connectivity index (χ4n) is 2.28. The van der Waals surface area contributed by atoms with Crippen molar-refractivity contribution in [1.82, 2.24) is 10.2 Å². The Morgan fingerprint density at radius 3 is 2.48 bits per heavy atom. The third-order valence-corrected chi connectivity index (χ3v) is 3.55. The fourth-order valence-corrected chi connectivity index (χ4v) is 2.28. The van der Waals surface area contributed by atoms with Gasteiger partial charge >= 0.3 is 0 Å². The molecular formula is C18H22FN3O. The highest BCUT2D eigenvalue weighted by Gasteiger charge is 2.08. The smallest absolute Gasteiger partial charge is 0.193 e. The molecule has 0 heterocycles. The molecule has 0 aliphatic rings. The van der Waals surface area contributed by atoms with Crippen molar-refractivity contribution in [3.05, 3.63) is 65.5 Å². The maximum absolute atomic E-state index is 13.7. The van der Waals surface area contributed by atoms with E-state index < -0.39 is 0 Å². The second kappa shape index (κ2) is 8.17. The molecule has 0 unspecified atom stereocenters. The summed E-state index contributed by atoms with van der Waals surface area (Å²) in [4.78, 5) is 6.24. The Bertz CT molecular complexity index is 656. The minimum absolute atomic E-state index is 0.215. The van der Waals surface area contributed by atoms with Crippen LogP contribution in [0.2, 0.25) is 0 Å². The molecule has 0 saturated heterocycles. The van der Waals surface area contributed by atoms with Gasteiger partial charge < -0.3 is 15.0 Å². The first kappa shape index (κ1) is 16.8. The Labute approximate surface area is 136 Å². The Kier molecular flexibility index (Phi) is 5.97. The van der Waals surface area contributed by atoms with E-state index in [0.717, 1.165) is 11.3 Å². The number of rotatable bonds is 5. The molecule has 2 aromatic carbocycles. The number of benzene rings is 2. The van der Waals surface area contributed by atoms with Crippen LogP contribution in [0.25, 0.3) is 0 Å². The zero-order valence-electron chi connectivity index (χ0n) is 13.7. The lowest BCUT2D eigenvalue weighted by molar-refractivity contribution is 0.414. The van der Waals surface area contributed by atoms with Crippen molar-refractivity contribution in [2.45, 2.75) is 13.1 Å². The molecule has 0 amide bonds. The van der Waals surface area contributed by atoms with Gasteiger partial charge in [0.25, 0.3) is 0 Å². The van der Waals surface area contributed by atoms with Crippen molar-refractivity contribution in [1.29, 1.82) is 0 Å². The zero-order chi connectivity index (χ0) is 16.7. The number of ether oxygens (including phenoxy) is 1. The van der Waals surface area contributed by atoms with Gasteiger partial charge in [-0.3, -0.25) is 4.99 Å². The molecular weight excluding hydrogens is 293 g/mol. The van der Waals surface area contributed by atoms with Crippen LogP contribution in [0.4, 0.5) is 4.39 Å². The van der Waals surface area contributed by atoms with Crippen molar-refractivity contribution >= 4 is 5.96 Å². The molecule has 0 radical (unpaired) electrons. The summed E-state index contributed by atoms with van der Waals surface area (Å²) in [5.41, 5.74) is 1.76. The first-order valence-electron chi connectivity index (χ1n) is 7.42. The van der Waals surface area contributed by atoms with E-state index in [1.54, 1.807) is 26.3 Å². The molecule has 122 valence electrons. The van der Waals surface area contributed by atoms with E-state index in [9.17, 15) is 4.39 Å². The van der Waals surface area contributed by atoms with Crippen LogP contribution in [0.15, 0.2) is 53.5 Å². The van der Waals surface area contributed by atoms with E-state index >= 15 is 0 Å². The average molecular weight is 315 g/mol. The molecule has 4 nitrogen and oxygen atoms in total. The molecule has 1 N–H and O–H groups in total. The highest BCUT2D eigenvalue weighted by molar-refractivity contribution is 5.79. The molecule has 0 aliphatic heterocycles. The van der Waals surface area contributed by atoms with Gasteiger partial charge in [-0.2, -0.15) is 0 Å². The Morgan fingerprint density at radius 1 is 1.17 bits per heavy atom. The predicted molar refractivity (Wildman–Crippen MR) is 91.1 cm³/mol. The van der Waals surface area contributed by atoms with Gasteiger partial charge in [-0.15, -0.1) is 0 Å². The standard InChI is InChI=1S/C18H22FN3O/c1-20-18(21-12-15-6-4-5-7-17(15)19)22(2)13-14-8-10-16(23-3)11-9-14/h4-11H,12-13H2,1-3H3,(H,20,21). The van der Waals surface area contributed by atoms with Crippen LogP contribution in [0, 0.1) is 5.82 Å². The summed E-state index contributed by atoms with van der Waals surface area (Å²) in [6.07, 6.45) is 0. The maximum Gasteiger partial charge on any atom is 0.193 e. The molecule has 0 spiro atoms. The molecule has 2 aromatic rings. The van der Waals surface area contributed by atoms with E-state index in [0.29, 0.717) is 24.6 Å². The van der Waals surface area contributed by atoms with Gasteiger partial charge in [0.1, 0.15) is 11.6 Å². The first-order chi connectivity index (χ1) is 11.1. The lowest BCUT2D eigenvalue weighted by Gasteiger charge is -2.22. The lowest BCUT2D eigenvalue weighted by Crippen LogP contribution is -2.38. The van der Waals surface area contributed by atoms with Crippen LogP contribution in [0.3, 0.4) is 0 Å². The number of nitrogens with zero attached hydrogens (tertiary/aromatic N) is 2. The van der Waals surface area contributed by atoms with E-state index in [1.165, 1.54) is 6.07 Å². The molecule has 23 heavy (non-hydrogen) atoms. The van der Waals surface area contributed by atoms with Crippen molar-refractivity contribution in [2.75, 3.05) is 21.2 Å². The Balaban J connectivity index is 1.95. The summed E-state index contributed by atoms with van der Waals surface area (Å²) in [7, 11) is 5.31. The number of nitrogens with one attached hydrogen (secondary N) is 1. The van der Waals surface area contributed by atoms with Gasteiger partial charge in [0.05, 0.1) is 7.11 Å². The fraction of sp³-hybridized carbons (Fsp3) is 0.278. The van der Waals surface area contributed by atoms with Crippen molar-refractivity contribution in [3.63, 3.8) is 0 Å². The normalized spacial score (nSPS) is 11.2. The van der Waals surface area contributed by atoms with E-state index in [-0.39, 0.29) is 5.82 Å². The van der Waals surface area contributed by atoms with Gasteiger partial charge in [0, 0.05) is 32.7 Å². The Hall–Kier alpha value is -2.56. The largest absolute Gasteiger partial charge is 0.497 e. The topological polar surface area (TPSA) is 36.9 Å². The number of hydrogen-bond acceptors (Lipinski definition) is 2. The third-order valence-electron chi connectivity index (χ3n) is 3.55. The molecule has 2 rings (SSSR count). The molecule has 0 atom stereocenters. The molecule has 0 bridgehead atoms.